The molecule has 1 unspecified atom stereocenters. The molecule has 1 fully saturated rings. The van der Waals surface area contributed by atoms with Crippen molar-refractivity contribution in [3.63, 3.8) is 0 Å². The molecule has 0 radical (unpaired) electrons. The Bertz CT molecular complexity index is 530. The number of nitrogens with zero attached hydrogens (tertiary/aromatic N) is 1. The monoisotopic (exact) mass is 349 g/mol. The lowest BCUT2D eigenvalue weighted by Gasteiger charge is -2.19. The van der Waals surface area contributed by atoms with Crippen LogP contribution in [0.25, 0.3) is 0 Å². The number of benzene rings is 1. The first-order valence-corrected chi connectivity index (χ1v) is 7.18. The SMILES string of the molecule is CC(=O)SC1CC(=O)N(c2c(F)cc(F)cc2Br)C1. The van der Waals surface area contributed by atoms with E-state index >= 15 is 0 Å². The Morgan fingerprint density at radius 2 is 2.16 bits per heavy atom. The molecule has 0 aliphatic carbocycles. The zero-order valence-corrected chi connectivity index (χ0v) is 12.4. The average molecular weight is 350 g/mol. The fourth-order valence-corrected chi connectivity index (χ4v) is 3.54. The Morgan fingerprint density at radius 1 is 1.47 bits per heavy atom. The van der Waals surface area contributed by atoms with Crippen LogP contribution in [0.1, 0.15) is 13.3 Å². The number of hydrogen-bond acceptors (Lipinski definition) is 3. The molecule has 0 bridgehead atoms. The van der Waals surface area contributed by atoms with Gasteiger partial charge in [0.05, 0.1) is 5.69 Å². The van der Waals surface area contributed by atoms with E-state index in [-0.39, 0.29) is 39.4 Å². The molecule has 0 spiro atoms. The van der Waals surface area contributed by atoms with Gasteiger partial charge in [0.25, 0.3) is 0 Å². The molecule has 0 saturated carbocycles. The lowest BCUT2D eigenvalue weighted by Crippen LogP contribution is -2.26. The summed E-state index contributed by atoms with van der Waals surface area (Å²) in [6, 6.07) is 1.84. The summed E-state index contributed by atoms with van der Waals surface area (Å²) in [5.41, 5.74) is 0.0260. The van der Waals surface area contributed by atoms with Crippen molar-refractivity contribution in [1.29, 1.82) is 0 Å². The summed E-state index contributed by atoms with van der Waals surface area (Å²) in [5, 5.41) is -0.278. The molecule has 19 heavy (non-hydrogen) atoms. The van der Waals surface area contributed by atoms with E-state index in [1.165, 1.54) is 11.8 Å². The van der Waals surface area contributed by atoms with Gasteiger partial charge in [0.15, 0.2) is 10.9 Å². The molecule has 1 heterocycles. The maximum absolute atomic E-state index is 13.8. The molecular formula is C12H10BrF2NO2S. The average Bonchev–Trinajstić information content (AvgIpc) is 2.57. The van der Waals surface area contributed by atoms with Crippen molar-refractivity contribution >= 4 is 44.4 Å². The molecule has 7 heteroatoms. The minimum atomic E-state index is -0.798. The summed E-state index contributed by atoms with van der Waals surface area (Å²) in [5.74, 6) is -1.78. The van der Waals surface area contributed by atoms with E-state index < -0.39 is 11.6 Å². The second kappa shape index (κ2) is 5.58. The fraction of sp³-hybridized carbons (Fsp3) is 0.333. The third-order valence-electron chi connectivity index (χ3n) is 2.67. The van der Waals surface area contributed by atoms with E-state index in [1.54, 1.807) is 0 Å². The van der Waals surface area contributed by atoms with Crippen LogP contribution in [0.15, 0.2) is 16.6 Å². The van der Waals surface area contributed by atoms with Crippen LogP contribution < -0.4 is 4.90 Å². The van der Waals surface area contributed by atoms with E-state index in [9.17, 15) is 18.4 Å². The molecule has 3 nitrogen and oxygen atoms in total. The summed E-state index contributed by atoms with van der Waals surface area (Å²) < 4.78 is 27.0. The Kier molecular flexibility index (Phi) is 4.25. The normalized spacial score (nSPS) is 19.1. The summed E-state index contributed by atoms with van der Waals surface area (Å²) in [4.78, 5) is 24.2. The molecule has 1 aromatic carbocycles. The van der Waals surface area contributed by atoms with Gasteiger partial charge in [0, 0.05) is 35.7 Å². The number of rotatable bonds is 2. The molecule has 2 rings (SSSR count). The van der Waals surface area contributed by atoms with Gasteiger partial charge >= 0.3 is 0 Å². The molecule has 0 N–H and O–H groups in total. The second-order valence-electron chi connectivity index (χ2n) is 4.16. The van der Waals surface area contributed by atoms with Gasteiger partial charge in [-0.25, -0.2) is 8.78 Å². The Balaban J connectivity index is 2.28. The van der Waals surface area contributed by atoms with Crippen molar-refractivity contribution in [3.8, 4) is 0 Å². The maximum Gasteiger partial charge on any atom is 0.228 e. The summed E-state index contributed by atoms with van der Waals surface area (Å²) >= 11 is 4.12. The minimum Gasteiger partial charge on any atom is -0.308 e. The quantitative estimate of drug-likeness (QED) is 0.823. The zero-order valence-electron chi connectivity index (χ0n) is 9.95. The molecule has 1 saturated heterocycles. The van der Waals surface area contributed by atoms with Crippen molar-refractivity contribution in [2.45, 2.75) is 18.6 Å². The predicted octanol–water partition coefficient (Wildman–Crippen LogP) is 3.11. The second-order valence-corrected chi connectivity index (χ2v) is 6.49. The summed E-state index contributed by atoms with van der Waals surface area (Å²) in [6.45, 7) is 1.66. The minimum absolute atomic E-state index is 0.0260. The number of halogens is 3. The van der Waals surface area contributed by atoms with Crippen molar-refractivity contribution < 1.29 is 18.4 Å². The van der Waals surface area contributed by atoms with Crippen molar-refractivity contribution in [2.75, 3.05) is 11.4 Å². The van der Waals surface area contributed by atoms with Crippen LogP contribution in [0.5, 0.6) is 0 Å². The van der Waals surface area contributed by atoms with E-state index in [0.29, 0.717) is 0 Å². The highest BCUT2D eigenvalue weighted by Gasteiger charge is 2.34. The van der Waals surface area contributed by atoms with E-state index in [4.69, 9.17) is 0 Å². The molecule has 0 aromatic heterocycles. The molecule has 1 atom stereocenters. The van der Waals surface area contributed by atoms with Crippen LogP contribution >= 0.6 is 27.7 Å². The lowest BCUT2D eigenvalue weighted by molar-refractivity contribution is -0.117. The standard InChI is InChI=1S/C12H10BrF2NO2S/c1-6(17)19-8-4-11(18)16(5-8)12-9(13)2-7(14)3-10(12)15/h2-3,8H,4-5H2,1H3. The highest BCUT2D eigenvalue weighted by atomic mass is 79.9. The smallest absolute Gasteiger partial charge is 0.228 e. The van der Waals surface area contributed by atoms with E-state index in [1.807, 2.05) is 0 Å². The predicted molar refractivity (Wildman–Crippen MR) is 73.1 cm³/mol. The highest BCUT2D eigenvalue weighted by Crippen LogP contribution is 2.35. The number of carbonyl (C=O) groups excluding carboxylic acids is 2. The van der Waals surface area contributed by atoms with Gasteiger partial charge in [-0.05, 0) is 22.0 Å². The van der Waals surface area contributed by atoms with Crippen LogP contribution in [0.2, 0.25) is 0 Å². The van der Waals surface area contributed by atoms with Gasteiger partial charge in [0.2, 0.25) is 5.91 Å². The Labute approximate surface area is 121 Å². The molecular weight excluding hydrogens is 340 g/mol. The molecule has 1 aromatic rings. The van der Waals surface area contributed by atoms with Gasteiger partial charge in [-0.15, -0.1) is 0 Å². The van der Waals surface area contributed by atoms with Crippen LogP contribution in [0, 0.1) is 11.6 Å². The van der Waals surface area contributed by atoms with Crippen LogP contribution in [-0.4, -0.2) is 22.8 Å². The van der Waals surface area contributed by atoms with Gasteiger partial charge in [-0.2, -0.15) is 0 Å². The first-order chi connectivity index (χ1) is 8.88. The van der Waals surface area contributed by atoms with Crippen molar-refractivity contribution in [1.82, 2.24) is 0 Å². The number of anilines is 1. The van der Waals surface area contributed by atoms with E-state index in [0.717, 1.165) is 23.9 Å². The summed E-state index contributed by atoms with van der Waals surface area (Å²) in [6.07, 6.45) is 0.174. The van der Waals surface area contributed by atoms with Crippen molar-refractivity contribution in [2.24, 2.45) is 0 Å². The van der Waals surface area contributed by atoms with Crippen LogP contribution in [0.3, 0.4) is 0 Å². The third-order valence-corrected chi connectivity index (χ3v) is 4.26. The molecule has 1 aliphatic heterocycles. The lowest BCUT2D eigenvalue weighted by atomic mass is 10.2. The van der Waals surface area contributed by atoms with Gasteiger partial charge < -0.3 is 4.90 Å². The largest absolute Gasteiger partial charge is 0.308 e. The first kappa shape index (κ1) is 14.5. The number of amides is 1. The van der Waals surface area contributed by atoms with Crippen LogP contribution in [0.4, 0.5) is 14.5 Å². The number of carbonyl (C=O) groups is 2. The topological polar surface area (TPSA) is 37.4 Å². The first-order valence-electron chi connectivity index (χ1n) is 5.50. The summed E-state index contributed by atoms with van der Waals surface area (Å²) in [7, 11) is 0. The van der Waals surface area contributed by atoms with Gasteiger partial charge in [0.1, 0.15) is 5.82 Å². The third kappa shape index (κ3) is 3.14. The molecule has 1 aliphatic rings. The Hall–Kier alpha value is -0.950. The number of hydrogen-bond donors (Lipinski definition) is 0. The fourth-order valence-electron chi connectivity index (χ4n) is 2.00. The Morgan fingerprint density at radius 3 is 2.74 bits per heavy atom. The van der Waals surface area contributed by atoms with Gasteiger partial charge in [-0.1, -0.05) is 11.8 Å². The maximum atomic E-state index is 13.8. The molecule has 1 amide bonds. The van der Waals surface area contributed by atoms with E-state index in [2.05, 4.69) is 15.9 Å². The highest BCUT2D eigenvalue weighted by molar-refractivity contribution is 9.10. The zero-order chi connectivity index (χ0) is 14.2. The van der Waals surface area contributed by atoms with Crippen LogP contribution in [-0.2, 0) is 9.59 Å². The van der Waals surface area contributed by atoms with Gasteiger partial charge in [-0.3, -0.25) is 9.59 Å². The van der Waals surface area contributed by atoms with Crippen molar-refractivity contribution in [3.05, 3.63) is 28.2 Å². The molecule has 102 valence electrons. The number of thioether (sulfide) groups is 1.